The van der Waals surface area contributed by atoms with E-state index in [1.54, 1.807) is 13.0 Å². The van der Waals surface area contributed by atoms with Gasteiger partial charge in [0, 0.05) is 55.6 Å². The molecule has 0 atom stereocenters. The fourth-order valence-corrected chi connectivity index (χ4v) is 5.65. The van der Waals surface area contributed by atoms with Crippen molar-refractivity contribution in [1.29, 1.82) is 0 Å². The standard InChI is InChI=1S/C33H29F3N8O5/c1-18(2)43-19(3)38-30-26(35)14-20(15-28(30)43)29-27(36)17-37-32(40-29)39-21-4-9-24(25(34)16-21)31(45)41-10-12-42(13-11-41)33(46)49-23-7-5-22(6-8-23)44(47)48/h4-9,14-18H,10-13H2,1-3H3,(H,37,39,40). The Morgan fingerprint density at radius 1 is 0.918 bits per heavy atom. The van der Waals surface area contributed by atoms with E-state index >= 15 is 8.78 Å². The molecule has 2 aromatic heterocycles. The molecule has 0 unspecified atom stereocenters. The number of benzene rings is 3. The van der Waals surface area contributed by atoms with E-state index in [1.165, 1.54) is 46.2 Å². The van der Waals surface area contributed by atoms with Gasteiger partial charge >= 0.3 is 6.09 Å². The van der Waals surface area contributed by atoms with Crippen LogP contribution in [0.5, 0.6) is 5.75 Å². The van der Waals surface area contributed by atoms with Crippen LogP contribution in [0.4, 0.5) is 35.3 Å². The van der Waals surface area contributed by atoms with Gasteiger partial charge in [-0.25, -0.2) is 32.9 Å². The lowest BCUT2D eigenvalue weighted by molar-refractivity contribution is -0.384. The van der Waals surface area contributed by atoms with Crippen molar-refractivity contribution in [3.8, 4) is 17.0 Å². The molecule has 5 aromatic rings. The Labute approximate surface area is 277 Å². The van der Waals surface area contributed by atoms with Gasteiger partial charge in [0.2, 0.25) is 5.95 Å². The number of halogens is 3. The van der Waals surface area contributed by atoms with E-state index in [1.807, 2.05) is 18.4 Å². The van der Waals surface area contributed by atoms with Crippen LogP contribution in [0.15, 0.2) is 60.8 Å². The molecule has 0 bridgehead atoms. The monoisotopic (exact) mass is 674 g/mol. The van der Waals surface area contributed by atoms with E-state index < -0.39 is 34.4 Å². The third-order valence-corrected chi connectivity index (χ3v) is 7.99. The minimum absolute atomic E-state index is 0.0263. The highest BCUT2D eigenvalue weighted by molar-refractivity contribution is 5.95. The van der Waals surface area contributed by atoms with Crippen molar-refractivity contribution in [3.63, 3.8) is 0 Å². The third-order valence-electron chi connectivity index (χ3n) is 7.99. The van der Waals surface area contributed by atoms with E-state index in [0.29, 0.717) is 11.3 Å². The first-order valence-electron chi connectivity index (χ1n) is 15.2. The number of aryl methyl sites for hydroxylation is 1. The number of carbonyl (C=O) groups is 2. The quantitative estimate of drug-likeness (QED) is 0.153. The van der Waals surface area contributed by atoms with Crippen LogP contribution in [0.1, 0.15) is 36.1 Å². The number of anilines is 2. The zero-order valence-corrected chi connectivity index (χ0v) is 26.5. The van der Waals surface area contributed by atoms with E-state index in [9.17, 15) is 24.1 Å². The van der Waals surface area contributed by atoms with Crippen LogP contribution in [0, 0.1) is 34.5 Å². The van der Waals surface area contributed by atoms with Crippen molar-refractivity contribution in [2.24, 2.45) is 0 Å². The summed E-state index contributed by atoms with van der Waals surface area (Å²) in [6.45, 7) is 6.09. The molecule has 1 aliphatic heterocycles. The van der Waals surface area contributed by atoms with E-state index in [2.05, 4.69) is 20.3 Å². The van der Waals surface area contributed by atoms with Gasteiger partial charge in [-0.1, -0.05) is 0 Å². The van der Waals surface area contributed by atoms with Gasteiger partial charge in [-0.05, 0) is 63.2 Å². The molecule has 1 aliphatic rings. The summed E-state index contributed by atoms with van der Waals surface area (Å²) in [4.78, 5) is 51.2. The van der Waals surface area contributed by atoms with Crippen LogP contribution in [0.3, 0.4) is 0 Å². The lowest BCUT2D eigenvalue weighted by atomic mass is 10.1. The van der Waals surface area contributed by atoms with Crippen molar-refractivity contribution in [2.75, 3.05) is 31.5 Å². The van der Waals surface area contributed by atoms with Gasteiger partial charge in [0.05, 0.1) is 22.2 Å². The zero-order chi connectivity index (χ0) is 35.0. The van der Waals surface area contributed by atoms with E-state index in [0.717, 1.165) is 18.3 Å². The molecule has 13 nitrogen and oxygen atoms in total. The van der Waals surface area contributed by atoms with Crippen molar-refractivity contribution in [2.45, 2.75) is 26.8 Å². The first-order valence-corrected chi connectivity index (χ1v) is 15.2. The summed E-state index contributed by atoms with van der Waals surface area (Å²) in [5.74, 6) is -2.17. The van der Waals surface area contributed by atoms with E-state index in [4.69, 9.17) is 4.74 Å². The number of nitrogens with zero attached hydrogens (tertiary/aromatic N) is 7. The summed E-state index contributed by atoms with van der Waals surface area (Å²) < 4.78 is 52.3. The van der Waals surface area contributed by atoms with Crippen LogP contribution in [0.25, 0.3) is 22.3 Å². The van der Waals surface area contributed by atoms with Gasteiger partial charge in [0.1, 0.15) is 28.6 Å². The van der Waals surface area contributed by atoms with E-state index in [-0.39, 0.29) is 77.6 Å². The Balaban J connectivity index is 1.11. The number of aromatic nitrogens is 4. The van der Waals surface area contributed by atoms with Gasteiger partial charge in [-0.15, -0.1) is 0 Å². The molecule has 0 spiro atoms. The Hall–Kier alpha value is -6.06. The number of hydrogen-bond donors (Lipinski definition) is 1. The number of amides is 2. The average molecular weight is 675 g/mol. The number of carbonyl (C=O) groups excluding carboxylic acids is 2. The van der Waals surface area contributed by atoms with Crippen molar-refractivity contribution < 1.29 is 32.4 Å². The maximum atomic E-state index is 15.2. The Bertz CT molecular complexity index is 2100. The summed E-state index contributed by atoms with van der Waals surface area (Å²) in [6.07, 6.45) is 0.240. The van der Waals surface area contributed by atoms with Crippen LogP contribution in [-0.2, 0) is 0 Å². The van der Waals surface area contributed by atoms with Crippen molar-refractivity contribution in [3.05, 3.63) is 99.7 Å². The number of piperazine rings is 1. The highest BCUT2D eigenvalue weighted by Gasteiger charge is 2.28. The van der Waals surface area contributed by atoms with Gasteiger partial charge in [0.15, 0.2) is 11.6 Å². The predicted molar refractivity (Wildman–Crippen MR) is 172 cm³/mol. The molecule has 2 amide bonds. The maximum absolute atomic E-state index is 15.2. The second kappa shape index (κ2) is 13.2. The third kappa shape index (κ3) is 6.70. The highest BCUT2D eigenvalue weighted by Crippen LogP contribution is 2.31. The number of hydrogen-bond acceptors (Lipinski definition) is 9. The maximum Gasteiger partial charge on any atom is 0.415 e. The van der Waals surface area contributed by atoms with Gasteiger partial charge in [-0.3, -0.25) is 14.9 Å². The summed E-state index contributed by atoms with van der Waals surface area (Å²) in [7, 11) is 0. The molecular weight excluding hydrogens is 645 g/mol. The Morgan fingerprint density at radius 2 is 1.61 bits per heavy atom. The molecule has 6 rings (SSSR count). The van der Waals surface area contributed by atoms with Gasteiger partial charge in [0.25, 0.3) is 11.6 Å². The van der Waals surface area contributed by atoms with Crippen LogP contribution >= 0.6 is 0 Å². The topological polar surface area (TPSA) is 149 Å². The number of nitro benzene ring substituents is 1. The summed E-state index contributed by atoms with van der Waals surface area (Å²) in [6, 6.07) is 11.6. The normalized spacial score (nSPS) is 13.2. The largest absolute Gasteiger partial charge is 0.415 e. The number of non-ortho nitro benzene ring substituents is 1. The second-order valence-electron chi connectivity index (χ2n) is 11.6. The number of rotatable bonds is 7. The van der Waals surface area contributed by atoms with Gasteiger partial charge < -0.3 is 24.4 Å². The number of fused-ring (bicyclic) bond motifs is 1. The van der Waals surface area contributed by atoms with Crippen LogP contribution in [-0.4, -0.2) is 72.4 Å². The van der Waals surface area contributed by atoms with Crippen LogP contribution < -0.4 is 10.1 Å². The number of nitro groups is 1. The van der Waals surface area contributed by atoms with Crippen molar-refractivity contribution >= 4 is 40.4 Å². The minimum atomic E-state index is -0.831. The summed E-state index contributed by atoms with van der Waals surface area (Å²) in [5.41, 5.74) is 0.485. The fourth-order valence-electron chi connectivity index (χ4n) is 5.65. The molecular formula is C33H29F3N8O5. The SMILES string of the molecule is Cc1nc2c(F)cc(-c3nc(Nc4ccc(C(=O)N5CCN(C(=O)Oc6ccc([N+](=O)[O-])cc6)CC5)c(F)c4)ncc3F)cc2n1C(C)C. The fraction of sp³-hybridized carbons (Fsp3) is 0.242. The van der Waals surface area contributed by atoms with Gasteiger partial charge in [-0.2, -0.15) is 0 Å². The predicted octanol–water partition coefficient (Wildman–Crippen LogP) is 6.41. The zero-order valence-electron chi connectivity index (χ0n) is 26.5. The lowest BCUT2D eigenvalue weighted by Gasteiger charge is -2.34. The highest BCUT2D eigenvalue weighted by atomic mass is 19.1. The molecule has 0 radical (unpaired) electrons. The summed E-state index contributed by atoms with van der Waals surface area (Å²) in [5, 5.41) is 13.6. The smallest absolute Gasteiger partial charge is 0.410 e. The summed E-state index contributed by atoms with van der Waals surface area (Å²) >= 11 is 0. The molecule has 3 aromatic carbocycles. The van der Waals surface area contributed by atoms with Crippen molar-refractivity contribution in [1.82, 2.24) is 29.3 Å². The number of nitrogens with one attached hydrogen (secondary N) is 1. The number of ether oxygens (including phenoxy) is 1. The first kappa shape index (κ1) is 32.9. The lowest BCUT2D eigenvalue weighted by Crippen LogP contribution is -2.51. The number of imidazole rings is 1. The average Bonchev–Trinajstić information content (AvgIpc) is 3.42. The Kier molecular flexibility index (Phi) is 8.86. The molecule has 1 fully saturated rings. The molecule has 0 saturated carbocycles. The molecule has 3 heterocycles. The Morgan fingerprint density at radius 3 is 2.27 bits per heavy atom. The molecule has 252 valence electrons. The molecule has 16 heteroatoms. The first-order chi connectivity index (χ1) is 23.4. The second-order valence-corrected chi connectivity index (χ2v) is 11.6. The minimum Gasteiger partial charge on any atom is -0.410 e. The van der Waals surface area contributed by atoms with Crippen LogP contribution in [0.2, 0.25) is 0 Å². The molecule has 0 aliphatic carbocycles. The molecule has 49 heavy (non-hydrogen) atoms. The molecule has 1 saturated heterocycles. The molecule has 1 N–H and O–H groups in total.